The molecular weight excluding hydrogens is 338 g/mol. The summed E-state index contributed by atoms with van der Waals surface area (Å²) in [6.07, 6.45) is 3.46. The van der Waals surface area contributed by atoms with Crippen molar-refractivity contribution in [2.45, 2.75) is 25.7 Å². The third-order valence-electron chi connectivity index (χ3n) is 5.47. The highest BCUT2D eigenvalue weighted by molar-refractivity contribution is 6.30. The maximum atomic E-state index is 12.7. The van der Waals surface area contributed by atoms with Crippen LogP contribution in [-0.2, 0) is 16.0 Å². The van der Waals surface area contributed by atoms with Crippen LogP contribution in [-0.4, -0.2) is 54.3 Å². The fraction of sp³-hybridized carbons (Fsp3) is 0.579. The normalized spacial score (nSPS) is 23.8. The highest BCUT2D eigenvalue weighted by Gasteiger charge is 2.36. The Morgan fingerprint density at radius 1 is 1.12 bits per heavy atom. The van der Waals surface area contributed by atoms with Crippen molar-refractivity contribution in [2.24, 2.45) is 17.6 Å². The van der Waals surface area contributed by atoms with Crippen molar-refractivity contribution in [3.05, 3.63) is 34.9 Å². The summed E-state index contributed by atoms with van der Waals surface area (Å²) in [5.74, 6) is 0.735. The molecule has 1 aromatic carbocycles. The van der Waals surface area contributed by atoms with E-state index in [-0.39, 0.29) is 17.7 Å². The van der Waals surface area contributed by atoms with Gasteiger partial charge in [-0.15, -0.1) is 0 Å². The summed E-state index contributed by atoms with van der Waals surface area (Å²) in [7, 11) is 0. The maximum absolute atomic E-state index is 12.7. The van der Waals surface area contributed by atoms with Gasteiger partial charge in [0.1, 0.15) is 0 Å². The van der Waals surface area contributed by atoms with Crippen molar-refractivity contribution in [3.63, 3.8) is 0 Å². The van der Waals surface area contributed by atoms with Crippen LogP contribution in [0.5, 0.6) is 0 Å². The fourth-order valence-corrected chi connectivity index (χ4v) is 4.20. The number of hydrogen-bond acceptors (Lipinski definition) is 3. The van der Waals surface area contributed by atoms with Gasteiger partial charge in [0.25, 0.3) is 0 Å². The zero-order chi connectivity index (χ0) is 17.8. The summed E-state index contributed by atoms with van der Waals surface area (Å²) < 4.78 is 0. The van der Waals surface area contributed by atoms with Gasteiger partial charge in [-0.2, -0.15) is 0 Å². The van der Waals surface area contributed by atoms with E-state index in [0.717, 1.165) is 24.8 Å². The van der Waals surface area contributed by atoms with Crippen LogP contribution in [0.2, 0.25) is 5.02 Å². The topological polar surface area (TPSA) is 66.6 Å². The lowest BCUT2D eigenvalue weighted by molar-refractivity contribution is -0.142. The van der Waals surface area contributed by atoms with E-state index in [4.69, 9.17) is 17.3 Å². The second-order valence-corrected chi connectivity index (χ2v) is 7.48. The molecule has 3 rings (SSSR count). The highest BCUT2D eigenvalue weighted by atomic mass is 35.5. The lowest BCUT2D eigenvalue weighted by Gasteiger charge is -2.36. The first-order valence-electron chi connectivity index (χ1n) is 9.09. The Kier molecular flexibility index (Phi) is 5.97. The molecule has 0 unspecified atom stereocenters. The quantitative estimate of drug-likeness (QED) is 0.888. The largest absolute Gasteiger partial charge is 0.339 e. The van der Waals surface area contributed by atoms with Crippen molar-refractivity contribution in [2.75, 3.05) is 32.7 Å². The molecule has 0 spiro atoms. The molecule has 0 radical (unpaired) electrons. The van der Waals surface area contributed by atoms with Crippen LogP contribution in [0.1, 0.15) is 24.8 Å². The predicted molar refractivity (Wildman–Crippen MR) is 98.2 cm³/mol. The van der Waals surface area contributed by atoms with Crippen molar-refractivity contribution in [3.8, 4) is 0 Å². The molecule has 2 aliphatic rings. The Morgan fingerprint density at radius 3 is 2.52 bits per heavy atom. The number of nitrogens with two attached hydrogens (primary N) is 1. The third kappa shape index (κ3) is 4.33. The van der Waals surface area contributed by atoms with E-state index >= 15 is 0 Å². The van der Waals surface area contributed by atoms with Crippen molar-refractivity contribution in [1.82, 2.24) is 9.80 Å². The minimum absolute atomic E-state index is 0.0821. The van der Waals surface area contributed by atoms with Gasteiger partial charge in [-0.1, -0.05) is 30.2 Å². The van der Waals surface area contributed by atoms with E-state index in [1.807, 2.05) is 28.0 Å². The van der Waals surface area contributed by atoms with Gasteiger partial charge in [-0.25, -0.2) is 0 Å². The third-order valence-corrected chi connectivity index (χ3v) is 5.70. The lowest BCUT2D eigenvalue weighted by atomic mass is 9.94. The van der Waals surface area contributed by atoms with Gasteiger partial charge in [0.15, 0.2) is 0 Å². The molecule has 0 aromatic heterocycles. The fourth-order valence-electron chi connectivity index (χ4n) is 3.99. The number of piperazine rings is 1. The first kappa shape index (κ1) is 18.2. The molecule has 5 nitrogen and oxygen atoms in total. The van der Waals surface area contributed by atoms with Crippen LogP contribution in [0.15, 0.2) is 24.3 Å². The summed E-state index contributed by atoms with van der Waals surface area (Å²) in [5, 5.41) is 0.645. The molecular formula is C19H26ClN3O2. The molecule has 2 fully saturated rings. The van der Waals surface area contributed by atoms with Gasteiger partial charge < -0.3 is 15.5 Å². The van der Waals surface area contributed by atoms with Crippen molar-refractivity contribution >= 4 is 23.4 Å². The van der Waals surface area contributed by atoms with Gasteiger partial charge in [-0.05, 0) is 43.0 Å². The monoisotopic (exact) mass is 363 g/mol. The molecule has 136 valence electrons. The molecule has 1 heterocycles. The number of rotatable bonds is 4. The zero-order valence-corrected chi connectivity index (χ0v) is 15.3. The first-order chi connectivity index (χ1) is 12.1. The molecule has 0 bridgehead atoms. The molecule has 25 heavy (non-hydrogen) atoms. The van der Waals surface area contributed by atoms with Crippen LogP contribution in [0.4, 0.5) is 0 Å². The number of nitrogens with zero attached hydrogens (tertiary/aromatic N) is 2. The Balaban J connectivity index is 1.51. The van der Waals surface area contributed by atoms with Crippen LogP contribution in [0.3, 0.4) is 0 Å². The molecule has 1 aliphatic carbocycles. The molecule has 1 saturated carbocycles. The molecule has 2 amide bonds. The number of amides is 2. The van der Waals surface area contributed by atoms with E-state index in [0.29, 0.717) is 50.1 Å². The second kappa shape index (κ2) is 8.19. The molecule has 1 saturated heterocycles. The number of hydrogen-bond donors (Lipinski definition) is 1. The maximum Gasteiger partial charge on any atom is 0.227 e. The summed E-state index contributed by atoms with van der Waals surface area (Å²) >= 11 is 5.98. The van der Waals surface area contributed by atoms with Gasteiger partial charge >= 0.3 is 0 Å². The molecule has 1 aliphatic heterocycles. The Labute approximate surface area is 154 Å². The van der Waals surface area contributed by atoms with Gasteiger partial charge in [0.05, 0.1) is 6.42 Å². The van der Waals surface area contributed by atoms with Crippen LogP contribution < -0.4 is 5.73 Å². The minimum Gasteiger partial charge on any atom is -0.339 e. The van der Waals surface area contributed by atoms with Crippen LogP contribution in [0.25, 0.3) is 0 Å². The van der Waals surface area contributed by atoms with E-state index in [1.165, 1.54) is 0 Å². The van der Waals surface area contributed by atoms with Crippen molar-refractivity contribution in [1.29, 1.82) is 0 Å². The second-order valence-electron chi connectivity index (χ2n) is 7.05. The summed E-state index contributed by atoms with van der Waals surface area (Å²) in [5.41, 5.74) is 6.73. The molecule has 2 atom stereocenters. The van der Waals surface area contributed by atoms with Crippen LogP contribution >= 0.6 is 11.6 Å². The molecule has 2 N–H and O–H groups in total. The van der Waals surface area contributed by atoms with Crippen molar-refractivity contribution < 1.29 is 9.59 Å². The number of benzene rings is 1. The molecule has 6 heteroatoms. The summed E-state index contributed by atoms with van der Waals surface area (Å²) in [6.45, 7) is 3.03. The Bertz CT molecular complexity index is 629. The minimum atomic E-state index is 0.0821. The first-order valence-corrected chi connectivity index (χ1v) is 9.47. The average Bonchev–Trinajstić information content (AvgIpc) is 3.10. The van der Waals surface area contributed by atoms with Gasteiger partial charge in [-0.3, -0.25) is 9.59 Å². The van der Waals surface area contributed by atoms with E-state index < -0.39 is 0 Å². The van der Waals surface area contributed by atoms with Gasteiger partial charge in [0.2, 0.25) is 11.8 Å². The lowest BCUT2D eigenvalue weighted by Crippen LogP contribution is -2.52. The van der Waals surface area contributed by atoms with E-state index in [1.54, 1.807) is 6.07 Å². The molecule has 1 aromatic rings. The number of carbonyl (C=O) groups is 2. The smallest absolute Gasteiger partial charge is 0.227 e. The Morgan fingerprint density at radius 2 is 1.84 bits per heavy atom. The predicted octanol–water partition coefficient (Wildman–Crippen LogP) is 1.93. The van der Waals surface area contributed by atoms with Gasteiger partial charge in [0, 0.05) is 37.1 Å². The summed E-state index contributed by atoms with van der Waals surface area (Å²) in [6, 6.07) is 7.40. The van der Waals surface area contributed by atoms with Crippen LogP contribution in [0, 0.1) is 11.8 Å². The van der Waals surface area contributed by atoms with E-state index in [2.05, 4.69) is 0 Å². The Hall–Kier alpha value is -1.59. The number of halogens is 1. The average molecular weight is 364 g/mol. The highest BCUT2D eigenvalue weighted by Crippen LogP contribution is 2.32. The summed E-state index contributed by atoms with van der Waals surface area (Å²) in [4.78, 5) is 29.0. The standard InChI is InChI=1S/C19H26ClN3O2/c20-16-5-1-3-14(11-16)12-18(24)22-7-9-23(10-8-22)19(25)17-6-2-4-15(17)13-21/h1,3,5,11,15,17H,2,4,6-10,12-13,21H2/t15-,17-/m1/s1. The zero-order valence-electron chi connectivity index (χ0n) is 14.5. The SMILES string of the molecule is NC[C@H]1CCC[C@H]1C(=O)N1CCN(C(=O)Cc2cccc(Cl)c2)CC1. The van der Waals surface area contributed by atoms with E-state index in [9.17, 15) is 9.59 Å². The number of carbonyl (C=O) groups excluding carboxylic acids is 2.